The smallest absolute Gasteiger partial charge is 0.142 e. The molecule has 136 valence electrons. The molecule has 0 bridgehead atoms. The molecular weight excluding hydrogens is 310 g/mol. The van der Waals surface area contributed by atoms with Gasteiger partial charge in [0.05, 0.1) is 18.3 Å². The van der Waals surface area contributed by atoms with Gasteiger partial charge in [-0.2, -0.15) is 0 Å². The van der Waals surface area contributed by atoms with Crippen molar-refractivity contribution < 1.29 is 9.47 Å². The van der Waals surface area contributed by atoms with Crippen LogP contribution in [0.4, 0.5) is 5.69 Å². The summed E-state index contributed by atoms with van der Waals surface area (Å²) >= 11 is 0. The first-order valence-corrected chi connectivity index (χ1v) is 9.26. The first-order valence-electron chi connectivity index (χ1n) is 9.26. The van der Waals surface area contributed by atoms with Crippen molar-refractivity contribution in [3.05, 3.63) is 54.1 Å². The summed E-state index contributed by atoms with van der Waals surface area (Å²) in [5.74, 6) is 2.36. The zero-order chi connectivity index (χ0) is 18.2. The Morgan fingerprint density at radius 2 is 1.48 bits per heavy atom. The standard InChI is InChI=1S/C22H31NO2/c1-6-17(4)19-11-7-9-13-21(19)25-18(5)15-23-20-12-8-10-14-22(20)24-16(2)3/h7-14,16-18,23H,6,15H2,1-5H3/t17-,18-/m1/s1. The second-order valence-electron chi connectivity index (χ2n) is 6.82. The Kier molecular flexibility index (Phi) is 7.17. The van der Waals surface area contributed by atoms with Crippen LogP contribution in [0.2, 0.25) is 0 Å². The van der Waals surface area contributed by atoms with Crippen LogP contribution in [0.5, 0.6) is 11.5 Å². The number of anilines is 1. The van der Waals surface area contributed by atoms with Gasteiger partial charge in [-0.3, -0.25) is 0 Å². The van der Waals surface area contributed by atoms with Gasteiger partial charge >= 0.3 is 0 Å². The molecule has 0 aliphatic rings. The fraction of sp³-hybridized carbons (Fsp3) is 0.455. The Hall–Kier alpha value is -2.16. The minimum atomic E-state index is 0.0531. The summed E-state index contributed by atoms with van der Waals surface area (Å²) in [5.41, 5.74) is 2.28. The third-order valence-corrected chi connectivity index (χ3v) is 4.22. The lowest BCUT2D eigenvalue weighted by atomic mass is 9.98. The first kappa shape index (κ1) is 19.2. The minimum absolute atomic E-state index is 0.0531. The van der Waals surface area contributed by atoms with Crippen LogP contribution < -0.4 is 14.8 Å². The fourth-order valence-corrected chi connectivity index (χ4v) is 2.70. The molecular formula is C22H31NO2. The zero-order valence-corrected chi connectivity index (χ0v) is 16.1. The van der Waals surface area contributed by atoms with Gasteiger partial charge in [-0.15, -0.1) is 0 Å². The van der Waals surface area contributed by atoms with Crippen LogP contribution in [0, 0.1) is 0 Å². The van der Waals surface area contributed by atoms with Crippen LogP contribution >= 0.6 is 0 Å². The lowest BCUT2D eigenvalue weighted by molar-refractivity contribution is 0.229. The normalized spacial score (nSPS) is 13.4. The minimum Gasteiger partial charge on any atom is -0.489 e. The third kappa shape index (κ3) is 5.70. The third-order valence-electron chi connectivity index (χ3n) is 4.22. The predicted octanol–water partition coefficient (Wildman–Crippen LogP) is 5.87. The average molecular weight is 341 g/mol. The molecule has 2 aromatic carbocycles. The second kappa shape index (κ2) is 9.36. The van der Waals surface area contributed by atoms with Crippen molar-refractivity contribution in [3.63, 3.8) is 0 Å². The van der Waals surface area contributed by atoms with Gasteiger partial charge in [-0.05, 0) is 56.9 Å². The van der Waals surface area contributed by atoms with Crippen molar-refractivity contribution in [1.82, 2.24) is 0 Å². The molecule has 0 aromatic heterocycles. The molecule has 3 heteroatoms. The van der Waals surface area contributed by atoms with Crippen molar-refractivity contribution in [3.8, 4) is 11.5 Å². The Bertz CT molecular complexity index is 654. The molecule has 2 atom stereocenters. The predicted molar refractivity (Wildman–Crippen MR) is 106 cm³/mol. The van der Waals surface area contributed by atoms with Crippen molar-refractivity contribution in [2.75, 3.05) is 11.9 Å². The van der Waals surface area contributed by atoms with E-state index in [1.807, 2.05) is 44.2 Å². The Balaban J connectivity index is 1.99. The highest BCUT2D eigenvalue weighted by atomic mass is 16.5. The molecule has 3 nitrogen and oxygen atoms in total. The van der Waals surface area contributed by atoms with Gasteiger partial charge < -0.3 is 14.8 Å². The monoisotopic (exact) mass is 341 g/mol. The Morgan fingerprint density at radius 3 is 2.16 bits per heavy atom. The highest BCUT2D eigenvalue weighted by Crippen LogP contribution is 2.29. The van der Waals surface area contributed by atoms with E-state index in [0.717, 1.165) is 23.6 Å². The van der Waals surface area contributed by atoms with Crippen LogP contribution in [-0.4, -0.2) is 18.8 Å². The molecule has 0 aliphatic heterocycles. The highest BCUT2D eigenvalue weighted by molar-refractivity contribution is 5.56. The quantitative estimate of drug-likeness (QED) is 0.619. The van der Waals surface area contributed by atoms with Crippen LogP contribution in [0.3, 0.4) is 0 Å². The Labute approximate surface area is 152 Å². The van der Waals surface area contributed by atoms with Gasteiger partial charge in [0.1, 0.15) is 17.6 Å². The van der Waals surface area contributed by atoms with E-state index in [1.165, 1.54) is 5.56 Å². The van der Waals surface area contributed by atoms with E-state index in [-0.39, 0.29) is 12.2 Å². The van der Waals surface area contributed by atoms with Crippen LogP contribution in [0.1, 0.15) is 52.5 Å². The topological polar surface area (TPSA) is 30.5 Å². The molecule has 0 spiro atoms. The van der Waals surface area contributed by atoms with Crippen LogP contribution in [-0.2, 0) is 0 Å². The van der Waals surface area contributed by atoms with Gasteiger partial charge in [-0.25, -0.2) is 0 Å². The molecule has 0 heterocycles. The summed E-state index contributed by atoms with van der Waals surface area (Å²) in [5, 5.41) is 3.45. The van der Waals surface area contributed by atoms with Gasteiger partial charge in [0, 0.05) is 0 Å². The lowest BCUT2D eigenvalue weighted by Gasteiger charge is -2.21. The van der Waals surface area contributed by atoms with E-state index in [2.05, 4.69) is 44.3 Å². The molecule has 0 aliphatic carbocycles. The van der Waals surface area contributed by atoms with Gasteiger partial charge in [0.2, 0.25) is 0 Å². The lowest BCUT2D eigenvalue weighted by Crippen LogP contribution is -2.23. The molecule has 0 unspecified atom stereocenters. The molecule has 25 heavy (non-hydrogen) atoms. The molecule has 2 rings (SSSR count). The Morgan fingerprint density at radius 1 is 0.840 bits per heavy atom. The number of benzene rings is 2. The number of rotatable bonds is 9. The summed E-state index contributed by atoms with van der Waals surface area (Å²) in [7, 11) is 0. The van der Waals surface area contributed by atoms with E-state index < -0.39 is 0 Å². The maximum Gasteiger partial charge on any atom is 0.142 e. The number of nitrogens with one attached hydrogen (secondary N) is 1. The maximum atomic E-state index is 6.21. The fourth-order valence-electron chi connectivity index (χ4n) is 2.70. The summed E-state index contributed by atoms with van der Waals surface area (Å²) in [6.45, 7) is 11.3. The number of hydrogen-bond acceptors (Lipinski definition) is 3. The summed E-state index contributed by atoms with van der Waals surface area (Å²) < 4.78 is 12.1. The molecule has 1 N–H and O–H groups in total. The molecule has 0 saturated carbocycles. The number of ether oxygens (including phenoxy) is 2. The molecule has 0 radical (unpaired) electrons. The van der Waals surface area contributed by atoms with Crippen LogP contribution in [0.15, 0.2) is 48.5 Å². The van der Waals surface area contributed by atoms with Crippen molar-refractivity contribution in [2.45, 2.75) is 59.2 Å². The summed E-state index contributed by atoms with van der Waals surface area (Å²) in [4.78, 5) is 0. The molecule has 0 saturated heterocycles. The van der Waals surface area contributed by atoms with Crippen molar-refractivity contribution >= 4 is 5.69 Å². The average Bonchev–Trinajstić information content (AvgIpc) is 2.60. The second-order valence-corrected chi connectivity index (χ2v) is 6.82. The SMILES string of the molecule is CC[C@@H](C)c1ccccc1O[C@H](C)CNc1ccccc1OC(C)C. The molecule has 2 aromatic rings. The van der Waals surface area contributed by atoms with E-state index in [4.69, 9.17) is 9.47 Å². The molecule has 0 fully saturated rings. The van der Waals surface area contributed by atoms with E-state index in [9.17, 15) is 0 Å². The maximum absolute atomic E-state index is 6.21. The van der Waals surface area contributed by atoms with Crippen LogP contribution in [0.25, 0.3) is 0 Å². The summed E-state index contributed by atoms with van der Waals surface area (Å²) in [6, 6.07) is 16.4. The molecule has 0 amide bonds. The van der Waals surface area contributed by atoms with E-state index >= 15 is 0 Å². The number of hydrogen-bond donors (Lipinski definition) is 1. The zero-order valence-electron chi connectivity index (χ0n) is 16.1. The first-order chi connectivity index (χ1) is 12.0. The number of para-hydroxylation sites is 3. The van der Waals surface area contributed by atoms with E-state index in [1.54, 1.807) is 0 Å². The van der Waals surface area contributed by atoms with Crippen molar-refractivity contribution in [1.29, 1.82) is 0 Å². The highest BCUT2D eigenvalue weighted by Gasteiger charge is 2.13. The van der Waals surface area contributed by atoms with Gasteiger partial charge in [0.25, 0.3) is 0 Å². The van der Waals surface area contributed by atoms with E-state index in [0.29, 0.717) is 12.5 Å². The van der Waals surface area contributed by atoms with Gasteiger partial charge in [-0.1, -0.05) is 44.2 Å². The van der Waals surface area contributed by atoms with Crippen molar-refractivity contribution in [2.24, 2.45) is 0 Å². The van der Waals surface area contributed by atoms with Gasteiger partial charge in [0.15, 0.2) is 0 Å². The largest absolute Gasteiger partial charge is 0.489 e. The summed E-state index contributed by atoms with van der Waals surface area (Å²) in [6.07, 6.45) is 1.31.